The van der Waals surface area contributed by atoms with Crippen molar-refractivity contribution in [3.05, 3.63) is 12.2 Å². The third-order valence-electron chi connectivity index (χ3n) is 5.77. The number of aliphatic carboxylic acids is 1. The summed E-state index contributed by atoms with van der Waals surface area (Å²) in [6.45, 7) is 3.82. The Kier molecular flexibility index (Phi) is 4.05. The van der Waals surface area contributed by atoms with Crippen molar-refractivity contribution in [3.8, 4) is 0 Å². The number of amides is 1. The molecule has 21 heavy (non-hydrogen) atoms. The van der Waals surface area contributed by atoms with Crippen molar-refractivity contribution in [2.45, 2.75) is 39.0 Å². The third kappa shape index (κ3) is 2.60. The van der Waals surface area contributed by atoms with Crippen LogP contribution in [0.15, 0.2) is 12.2 Å². The maximum Gasteiger partial charge on any atom is 0.307 e. The van der Waals surface area contributed by atoms with E-state index in [0.717, 1.165) is 38.3 Å². The first kappa shape index (κ1) is 14.6. The second-order valence-corrected chi connectivity index (χ2v) is 6.87. The van der Waals surface area contributed by atoms with Crippen LogP contribution in [0.4, 0.5) is 0 Å². The molecule has 0 radical (unpaired) electrons. The van der Waals surface area contributed by atoms with Crippen LogP contribution in [0.25, 0.3) is 0 Å². The highest BCUT2D eigenvalue weighted by Crippen LogP contribution is 2.48. The van der Waals surface area contributed by atoms with E-state index < -0.39 is 11.9 Å². The Morgan fingerprint density at radius 3 is 2.52 bits per heavy atom. The summed E-state index contributed by atoms with van der Waals surface area (Å²) < 4.78 is 0. The highest BCUT2D eigenvalue weighted by atomic mass is 16.4. The van der Waals surface area contributed by atoms with Crippen molar-refractivity contribution in [2.75, 3.05) is 13.1 Å². The molecule has 2 aliphatic carbocycles. The molecular formula is C17H25NO3. The Bertz CT molecular complexity index is 459. The molecule has 0 aromatic heterocycles. The fraction of sp³-hybridized carbons (Fsp3) is 0.765. The van der Waals surface area contributed by atoms with Crippen molar-refractivity contribution in [2.24, 2.45) is 29.6 Å². The summed E-state index contributed by atoms with van der Waals surface area (Å²) in [5, 5.41) is 9.48. The Balaban J connectivity index is 1.72. The molecule has 1 heterocycles. The van der Waals surface area contributed by atoms with Crippen molar-refractivity contribution >= 4 is 11.9 Å². The molecular weight excluding hydrogens is 266 g/mol. The molecule has 0 spiro atoms. The molecule has 4 heteroatoms. The number of carbonyl (C=O) groups is 2. The Labute approximate surface area is 126 Å². The zero-order valence-corrected chi connectivity index (χ0v) is 12.7. The van der Waals surface area contributed by atoms with Gasteiger partial charge in [0.05, 0.1) is 11.8 Å². The second kappa shape index (κ2) is 5.82. The van der Waals surface area contributed by atoms with Crippen LogP contribution in [-0.4, -0.2) is 35.0 Å². The predicted molar refractivity (Wildman–Crippen MR) is 79.6 cm³/mol. The minimum Gasteiger partial charge on any atom is -0.481 e. The van der Waals surface area contributed by atoms with Gasteiger partial charge in [-0.1, -0.05) is 25.5 Å². The quantitative estimate of drug-likeness (QED) is 0.813. The molecule has 1 saturated heterocycles. The van der Waals surface area contributed by atoms with Gasteiger partial charge < -0.3 is 10.0 Å². The zero-order valence-electron chi connectivity index (χ0n) is 12.7. The summed E-state index contributed by atoms with van der Waals surface area (Å²) in [6, 6.07) is 0. The van der Waals surface area contributed by atoms with Gasteiger partial charge in [0, 0.05) is 13.1 Å². The molecule has 4 nitrogen and oxygen atoms in total. The van der Waals surface area contributed by atoms with Gasteiger partial charge in [-0.05, 0) is 43.4 Å². The summed E-state index contributed by atoms with van der Waals surface area (Å²) >= 11 is 0. The number of nitrogens with zero attached hydrogens (tertiary/aromatic N) is 1. The second-order valence-electron chi connectivity index (χ2n) is 6.87. The highest BCUT2D eigenvalue weighted by Gasteiger charge is 2.52. The number of allylic oxidation sites excluding steroid dienone is 2. The lowest BCUT2D eigenvalue weighted by atomic mass is 9.82. The van der Waals surface area contributed by atoms with Gasteiger partial charge in [0.25, 0.3) is 0 Å². The number of likely N-dealkylation sites (tertiary alicyclic amines) is 1. The highest BCUT2D eigenvalue weighted by molar-refractivity contribution is 5.87. The van der Waals surface area contributed by atoms with Crippen LogP contribution in [0, 0.1) is 29.6 Å². The maximum absolute atomic E-state index is 12.9. The van der Waals surface area contributed by atoms with E-state index in [1.54, 1.807) is 0 Å². The van der Waals surface area contributed by atoms with Crippen LogP contribution < -0.4 is 0 Å². The molecule has 2 bridgehead atoms. The predicted octanol–water partition coefficient (Wildman–Crippen LogP) is 2.55. The van der Waals surface area contributed by atoms with E-state index >= 15 is 0 Å². The summed E-state index contributed by atoms with van der Waals surface area (Å²) in [4.78, 5) is 26.4. The molecule has 5 unspecified atom stereocenters. The van der Waals surface area contributed by atoms with Crippen molar-refractivity contribution in [1.82, 2.24) is 4.90 Å². The maximum atomic E-state index is 12.9. The SMILES string of the molecule is CCC1CCCN(C(=O)C2C3C=CC(C3)C2C(=O)O)CC1. The molecule has 2 fully saturated rings. The summed E-state index contributed by atoms with van der Waals surface area (Å²) in [5.41, 5.74) is 0. The Morgan fingerprint density at radius 2 is 1.86 bits per heavy atom. The zero-order chi connectivity index (χ0) is 15.0. The lowest BCUT2D eigenvalue weighted by Gasteiger charge is -2.30. The molecule has 0 aromatic carbocycles. The van der Waals surface area contributed by atoms with Gasteiger partial charge in [0.2, 0.25) is 5.91 Å². The minimum absolute atomic E-state index is 0.0665. The fourth-order valence-corrected chi connectivity index (χ4v) is 4.50. The minimum atomic E-state index is -0.800. The van der Waals surface area contributed by atoms with Crippen LogP contribution in [0.3, 0.4) is 0 Å². The monoisotopic (exact) mass is 291 g/mol. The molecule has 116 valence electrons. The van der Waals surface area contributed by atoms with E-state index in [1.807, 2.05) is 11.0 Å². The Hall–Kier alpha value is -1.32. The molecule has 5 atom stereocenters. The lowest BCUT2D eigenvalue weighted by molar-refractivity contribution is -0.151. The van der Waals surface area contributed by atoms with Crippen molar-refractivity contribution in [3.63, 3.8) is 0 Å². The number of fused-ring (bicyclic) bond motifs is 2. The van der Waals surface area contributed by atoms with Gasteiger partial charge in [-0.3, -0.25) is 9.59 Å². The van der Waals surface area contributed by atoms with Gasteiger partial charge in [-0.2, -0.15) is 0 Å². The molecule has 1 amide bonds. The van der Waals surface area contributed by atoms with E-state index in [4.69, 9.17) is 0 Å². The van der Waals surface area contributed by atoms with Gasteiger partial charge >= 0.3 is 5.97 Å². The number of carboxylic acids is 1. The van der Waals surface area contributed by atoms with E-state index in [-0.39, 0.29) is 23.7 Å². The van der Waals surface area contributed by atoms with E-state index in [0.29, 0.717) is 0 Å². The summed E-state index contributed by atoms with van der Waals surface area (Å²) in [6.07, 6.45) is 9.41. The van der Waals surface area contributed by atoms with Crippen LogP contribution >= 0.6 is 0 Å². The number of carboxylic acid groups (broad SMARTS) is 1. The first-order valence-electron chi connectivity index (χ1n) is 8.31. The Morgan fingerprint density at radius 1 is 1.14 bits per heavy atom. The first-order chi connectivity index (χ1) is 10.1. The van der Waals surface area contributed by atoms with E-state index in [1.165, 1.54) is 12.8 Å². The van der Waals surface area contributed by atoms with Crippen molar-refractivity contribution in [1.29, 1.82) is 0 Å². The van der Waals surface area contributed by atoms with Crippen LogP contribution in [0.2, 0.25) is 0 Å². The summed E-state index contributed by atoms with van der Waals surface area (Å²) in [5.74, 6) is -0.598. The molecule has 1 N–H and O–H groups in total. The number of rotatable bonds is 3. The van der Waals surface area contributed by atoms with E-state index in [2.05, 4.69) is 13.0 Å². The number of hydrogen-bond acceptors (Lipinski definition) is 2. The molecule has 1 aliphatic heterocycles. The normalized spacial score (nSPS) is 38.5. The van der Waals surface area contributed by atoms with Gasteiger partial charge in [0.15, 0.2) is 0 Å². The average molecular weight is 291 g/mol. The number of hydrogen-bond donors (Lipinski definition) is 1. The van der Waals surface area contributed by atoms with Gasteiger partial charge in [-0.15, -0.1) is 0 Å². The molecule has 3 rings (SSSR count). The molecule has 3 aliphatic rings. The van der Waals surface area contributed by atoms with Crippen LogP contribution in [-0.2, 0) is 9.59 Å². The number of carbonyl (C=O) groups excluding carboxylic acids is 1. The standard InChI is InChI=1S/C17H25NO3/c1-2-11-4-3-8-18(9-7-11)16(19)14-12-5-6-13(10-12)15(14)17(20)21/h5-6,11-15H,2-4,7-10H2,1H3,(H,20,21). The van der Waals surface area contributed by atoms with Gasteiger partial charge in [0.1, 0.15) is 0 Å². The molecule has 1 saturated carbocycles. The third-order valence-corrected chi connectivity index (χ3v) is 5.77. The average Bonchev–Trinajstić information content (AvgIpc) is 2.99. The van der Waals surface area contributed by atoms with E-state index in [9.17, 15) is 14.7 Å². The molecule has 0 aromatic rings. The van der Waals surface area contributed by atoms with Crippen LogP contribution in [0.1, 0.15) is 39.0 Å². The van der Waals surface area contributed by atoms with Crippen molar-refractivity contribution < 1.29 is 14.7 Å². The topological polar surface area (TPSA) is 57.6 Å². The summed E-state index contributed by atoms with van der Waals surface area (Å²) in [7, 11) is 0. The lowest BCUT2D eigenvalue weighted by Crippen LogP contribution is -2.43. The fourth-order valence-electron chi connectivity index (χ4n) is 4.50. The smallest absolute Gasteiger partial charge is 0.307 e. The van der Waals surface area contributed by atoms with Gasteiger partial charge in [-0.25, -0.2) is 0 Å². The van der Waals surface area contributed by atoms with Crippen LogP contribution in [0.5, 0.6) is 0 Å². The largest absolute Gasteiger partial charge is 0.481 e. The first-order valence-corrected chi connectivity index (χ1v) is 8.31.